The monoisotopic (exact) mass is 486 g/mol. The summed E-state index contributed by atoms with van der Waals surface area (Å²) in [6, 6.07) is 9.86. The molecule has 174 valence electrons. The van der Waals surface area contributed by atoms with Crippen LogP contribution >= 0.6 is 11.3 Å². The van der Waals surface area contributed by atoms with Gasteiger partial charge in [0.1, 0.15) is 4.90 Å². The summed E-state index contributed by atoms with van der Waals surface area (Å²) in [6.07, 6.45) is 5.14. The fraction of sp³-hybridized carbons (Fsp3) is 0.348. The van der Waals surface area contributed by atoms with Crippen molar-refractivity contribution in [2.45, 2.75) is 50.8 Å². The fourth-order valence-corrected chi connectivity index (χ4v) is 6.12. The molecule has 0 aliphatic heterocycles. The van der Waals surface area contributed by atoms with Crippen LogP contribution < -0.4 is 15.4 Å². The van der Waals surface area contributed by atoms with Crippen molar-refractivity contribution in [1.82, 2.24) is 4.98 Å². The van der Waals surface area contributed by atoms with Gasteiger partial charge in [-0.05, 0) is 55.7 Å². The number of anilines is 3. The van der Waals surface area contributed by atoms with Crippen molar-refractivity contribution in [2.24, 2.45) is 5.92 Å². The van der Waals surface area contributed by atoms with Crippen LogP contribution in [-0.2, 0) is 19.6 Å². The third kappa shape index (κ3) is 5.51. The van der Waals surface area contributed by atoms with Gasteiger partial charge in [0, 0.05) is 12.8 Å². The summed E-state index contributed by atoms with van der Waals surface area (Å²) in [7, 11) is -3.97. The number of nitrogens with one attached hydrogen (secondary N) is 3. The van der Waals surface area contributed by atoms with Gasteiger partial charge in [0.15, 0.2) is 5.13 Å². The molecule has 1 heterocycles. The summed E-state index contributed by atoms with van der Waals surface area (Å²) >= 11 is 1.36. The third-order valence-corrected chi connectivity index (χ3v) is 7.96. The van der Waals surface area contributed by atoms with Crippen LogP contribution in [0.4, 0.5) is 16.5 Å². The lowest BCUT2D eigenvalue weighted by Gasteiger charge is -2.19. The van der Waals surface area contributed by atoms with Crippen LogP contribution in [0.3, 0.4) is 0 Å². The highest BCUT2D eigenvalue weighted by Gasteiger charge is 2.23. The summed E-state index contributed by atoms with van der Waals surface area (Å²) in [5, 5.41) is 5.98. The lowest BCUT2D eigenvalue weighted by atomic mass is 9.89. The average molecular weight is 487 g/mol. The molecule has 0 unspecified atom stereocenters. The summed E-state index contributed by atoms with van der Waals surface area (Å²) in [5.74, 6) is -0.332. The van der Waals surface area contributed by atoms with Gasteiger partial charge in [-0.25, -0.2) is 13.4 Å². The van der Waals surface area contributed by atoms with E-state index in [0.717, 1.165) is 35.9 Å². The molecule has 2 aromatic carbocycles. The minimum atomic E-state index is -3.97. The first-order chi connectivity index (χ1) is 15.7. The molecular weight excluding hydrogens is 460 g/mol. The quantitative estimate of drug-likeness (QED) is 0.459. The Bertz CT molecular complexity index is 1310. The first kappa shape index (κ1) is 23.2. The maximum absolute atomic E-state index is 13.1. The Morgan fingerprint density at radius 2 is 1.79 bits per heavy atom. The van der Waals surface area contributed by atoms with Crippen LogP contribution in [0.2, 0.25) is 0 Å². The summed E-state index contributed by atoms with van der Waals surface area (Å²) < 4.78 is 29.6. The third-order valence-electron chi connectivity index (χ3n) is 5.58. The number of benzene rings is 2. The highest BCUT2D eigenvalue weighted by Crippen LogP contribution is 2.31. The van der Waals surface area contributed by atoms with Crippen molar-refractivity contribution < 1.29 is 18.0 Å². The van der Waals surface area contributed by atoms with Gasteiger partial charge in [-0.1, -0.05) is 36.7 Å². The Morgan fingerprint density at radius 1 is 1.03 bits per heavy atom. The lowest BCUT2D eigenvalue weighted by molar-refractivity contribution is -0.120. The maximum Gasteiger partial charge on any atom is 0.263 e. The van der Waals surface area contributed by atoms with E-state index in [-0.39, 0.29) is 28.3 Å². The van der Waals surface area contributed by atoms with Crippen LogP contribution in [0, 0.1) is 12.8 Å². The second-order valence-corrected chi connectivity index (χ2v) is 11.0. The number of nitrogens with zero attached hydrogens (tertiary/aromatic N) is 1. The molecule has 0 bridgehead atoms. The van der Waals surface area contributed by atoms with E-state index in [1.807, 2.05) is 0 Å². The smallest absolute Gasteiger partial charge is 0.263 e. The predicted molar refractivity (Wildman–Crippen MR) is 131 cm³/mol. The largest absolute Gasteiger partial charge is 0.325 e. The summed E-state index contributed by atoms with van der Waals surface area (Å²) in [5.41, 5.74) is 1.89. The van der Waals surface area contributed by atoms with Crippen LogP contribution in [-0.4, -0.2) is 25.2 Å². The van der Waals surface area contributed by atoms with Gasteiger partial charge >= 0.3 is 0 Å². The summed E-state index contributed by atoms with van der Waals surface area (Å²) in [6.45, 7) is 3.10. The molecule has 0 atom stereocenters. The second-order valence-electron chi connectivity index (χ2n) is 8.31. The molecule has 2 amide bonds. The Morgan fingerprint density at radius 3 is 2.52 bits per heavy atom. The lowest BCUT2D eigenvalue weighted by Crippen LogP contribution is -2.24. The number of hydrogen-bond donors (Lipinski definition) is 3. The normalized spacial score (nSPS) is 14.7. The van der Waals surface area contributed by atoms with Gasteiger partial charge in [-0.2, -0.15) is 0 Å². The molecule has 10 heteroatoms. The van der Waals surface area contributed by atoms with E-state index in [1.165, 1.54) is 30.7 Å². The zero-order valence-corrected chi connectivity index (χ0v) is 20.1. The van der Waals surface area contributed by atoms with Crippen molar-refractivity contribution in [2.75, 3.05) is 15.4 Å². The van der Waals surface area contributed by atoms with E-state index in [4.69, 9.17) is 0 Å². The maximum atomic E-state index is 13.1. The zero-order chi connectivity index (χ0) is 23.6. The van der Waals surface area contributed by atoms with E-state index in [2.05, 4.69) is 20.3 Å². The molecule has 1 aromatic heterocycles. The SMILES string of the molecule is CC(=O)Nc1ccc(C)cc1S(=O)(=O)Nc1ccc2sc(NC(=O)C3CCCCC3)nc2c1. The van der Waals surface area contributed by atoms with Crippen LogP contribution in [0.1, 0.15) is 44.6 Å². The zero-order valence-electron chi connectivity index (χ0n) is 18.5. The minimum absolute atomic E-state index is 0.000342. The van der Waals surface area contributed by atoms with Gasteiger partial charge in [-0.15, -0.1) is 0 Å². The van der Waals surface area contributed by atoms with E-state index >= 15 is 0 Å². The second kappa shape index (κ2) is 9.48. The number of aryl methyl sites for hydroxylation is 1. The predicted octanol–water partition coefficient (Wildman–Crippen LogP) is 4.88. The number of hydrogen-bond acceptors (Lipinski definition) is 6. The molecule has 1 saturated carbocycles. The number of sulfonamides is 1. The first-order valence-electron chi connectivity index (χ1n) is 10.8. The van der Waals surface area contributed by atoms with E-state index in [9.17, 15) is 18.0 Å². The van der Waals surface area contributed by atoms with E-state index in [1.54, 1.807) is 37.3 Å². The molecule has 0 saturated heterocycles. The van der Waals surface area contributed by atoms with Gasteiger partial charge in [0.2, 0.25) is 11.8 Å². The Balaban J connectivity index is 1.55. The standard InChI is InChI=1S/C23H26N4O4S2/c1-14-8-10-18(24-15(2)28)21(12-14)33(30,31)27-17-9-11-20-19(13-17)25-23(32-20)26-22(29)16-6-4-3-5-7-16/h8-13,16,27H,3-7H2,1-2H3,(H,24,28)(H,25,26,29). The molecule has 3 N–H and O–H groups in total. The van der Waals surface area contributed by atoms with E-state index in [0.29, 0.717) is 16.3 Å². The Kier molecular flexibility index (Phi) is 6.66. The van der Waals surface area contributed by atoms with Crippen LogP contribution in [0.15, 0.2) is 41.3 Å². The molecular formula is C23H26N4O4S2. The number of rotatable bonds is 6. The van der Waals surface area contributed by atoms with Crippen LogP contribution in [0.25, 0.3) is 10.2 Å². The van der Waals surface area contributed by atoms with Gasteiger partial charge in [0.05, 0.1) is 21.6 Å². The number of carbonyl (C=O) groups is 2. The molecule has 1 fully saturated rings. The Labute approximate surface area is 196 Å². The van der Waals surface area contributed by atoms with Gasteiger partial charge in [-0.3, -0.25) is 14.3 Å². The molecule has 33 heavy (non-hydrogen) atoms. The molecule has 8 nitrogen and oxygen atoms in total. The van der Waals surface area contributed by atoms with Crippen molar-refractivity contribution >= 4 is 59.9 Å². The number of amides is 2. The average Bonchev–Trinajstić information content (AvgIpc) is 3.16. The van der Waals surface area contributed by atoms with Gasteiger partial charge < -0.3 is 10.6 Å². The molecule has 0 spiro atoms. The molecule has 0 radical (unpaired) electrons. The first-order valence-corrected chi connectivity index (χ1v) is 13.1. The molecule has 3 aromatic rings. The number of carbonyl (C=O) groups excluding carboxylic acids is 2. The van der Waals surface area contributed by atoms with Crippen molar-refractivity contribution in [3.05, 3.63) is 42.0 Å². The van der Waals surface area contributed by atoms with Crippen molar-refractivity contribution in [3.8, 4) is 0 Å². The minimum Gasteiger partial charge on any atom is -0.325 e. The molecule has 1 aliphatic carbocycles. The Hall–Kier alpha value is -2.98. The van der Waals surface area contributed by atoms with Crippen molar-refractivity contribution in [3.63, 3.8) is 0 Å². The highest BCUT2D eigenvalue weighted by atomic mass is 32.2. The number of fused-ring (bicyclic) bond motifs is 1. The highest BCUT2D eigenvalue weighted by molar-refractivity contribution is 7.92. The molecule has 4 rings (SSSR count). The number of aromatic nitrogens is 1. The number of thiazole rings is 1. The topological polar surface area (TPSA) is 117 Å². The molecule has 1 aliphatic rings. The van der Waals surface area contributed by atoms with Crippen molar-refractivity contribution in [1.29, 1.82) is 0 Å². The van der Waals surface area contributed by atoms with Gasteiger partial charge in [0.25, 0.3) is 10.0 Å². The summed E-state index contributed by atoms with van der Waals surface area (Å²) in [4.78, 5) is 28.5. The van der Waals surface area contributed by atoms with Crippen LogP contribution in [0.5, 0.6) is 0 Å². The van der Waals surface area contributed by atoms with E-state index < -0.39 is 10.0 Å². The fourth-order valence-electron chi connectivity index (χ4n) is 3.97.